The first kappa shape index (κ1) is 27.8. The fourth-order valence-electron chi connectivity index (χ4n) is 7.29. The van der Waals surface area contributed by atoms with E-state index >= 15 is 0 Å². The molecule has 9 heteroatoms. The summed E-state index contributed by atoms with van der Waals surface area (Å²) in [4.78, 5) is 51.0. The van der Waals surface area contributed by atoms with E-state index in [1.165, 1.54) is 32.6 Å². The molecule has 2 aliphatic carbocycles. The number of fused-ring (bicyclic) bond motifs is 1. The zero-order valence-corrected chi connectivity index (χ0v) is 22.7. The van der Waals surface area contributed by atoms with Gasteiger partial charge in [0.2, 0.25) is 6.10 Å². The lowest BCUT2D eigenvalue weighted by Gasteiger charge is -2.61. The van der Waals surface area contributed by atoms with E-state index in [1.54, 1.807) is 26.0 Å². The van der Waals surface area contributed by atoms with Crippen molar-refractivity contribution in [1.29, 1.82) is 0 Å². The van der Waals surface area contributed by atoms with E-state index in [-0.39, 0.29) is 12.2 Å². The molecule has 0 amide bonds. The number of ether oxygens (including phenoxy) is 3. The highest BCUT2D eigenvalue weighted by atomic mass is 16.6. The van der Waals surface area contributed by atoms with Crippen molar-refractivity contribution in [2.75, 3.05) is 7.11 Å². The fourth-order valence-corrected chi connectivity index (χ4v) is 7.29. The lowest BCUT2D eigenvalue weighted by molar-refractivity contribution is -0.216. The number of carbonyl (C=O) groups excluding carboxylic acids is 4. The van der Waals surface area contributed by atoms with Crippen molar-refractivity contribution in [1.82, 2.24) is 0 Å². The van der Waals surface area contributed by atoms with Crippen LogP contribution in [-0.2, 0) is 33.4 Å². The Kier molecular flexibility index (Phi) is 6.75. The predicted octanol–water partition coefficient (Wildman–Crippen LogP) is 3.86. The molecule has 0 aromatic carbocycles. The molecule has 0 bridgehead atoms. The zero-order valence-electron chi connectivity index (χ0n) is 22.7. The average molecular weight is 529 g/mol. The van der Waals surface area contributed by atoms with Crippen molar-refractivity contribution in [3.8, 4) is 0 Å². The summed E-state index contributed by atoms with van der Waals surface area (Å²) < 4.78 is 21.5. The minimum Gasteiger partial charge on any atom is -0.472 e. The third kappa shape index (κ3) is 3.94. The van der Waals surface area contributed by atoms with Crippen LogP contribution in [0.3, 0.4) is 0 Å². The number of aliphatic hydroxyl groups is 1. The molecule has 2 heterocycles. The normalized spacial score (nSPS) is 37.1. The quantitative estimate of drug-likeness (QED) is 0.344. The van der Waals surface area contributed by atoms with Crippen molar-refractivity contribution >= 4 is 23.7 Å². The average Bonchev–Trinajstić information content (AvgIpc) is 3.36. The molecule has 0 radical (unpaired) electrons. The highest BCUT2D eigenvalue weighted by Gasteiger charge is 2.67. The van der Waals surface area contributed by atoms with Gasteiger partial charge in [-0.05, 0) is 36.5 Å². The second-order valence-electron chi connectivity index (χ2n) is 11.8. The number of rotatable bonds is 5. The number of hydrogen-bond acceptors (Lipinski definition) is 9. The Morgan fingerprint density at radius 2 is 1.89 bits per heavy atom. The van der Waals surface area contributed by atoms with E-state index in [2.05, 4.69) is 6.58 Å². The van der Waals surface area contributed by atoms with Gasteiger partial charge in [-0.3, -0.25) is 14.4 Å². The van der Waals surface area contributed by atoms with Gasteiger partial charge < -0.3 is 23.7 Å². The SMILES string of the molecule is C=C1[C@@H]([C@]2(C)C=CC(=O)C(C)(C)[C@@H]2[C@H](OC(C)=O)C(=O)OC)CC[C@@]2(C)[C@H](c3ccoc3)OC(=O)C[C@]12O. The van der Waals surface area contributed by atoms with Crippen LogP contribution in [0.1, 0.15) is 65.5 Å². The summed E-state index contributed by atoms with van der Waals surface area (Å²) in [7, 11) is 1.20. The zero-order chi connectivity index (χ0) is 28.3. The molecule has 3 aliphatic rings. The highest BCUT2D eigenvalue weighted by molar-refractivity contribution is 5.96. The Bertz CT molecular complexity index is 1190. The Morgan fingerprint density at radius 1 is 1.21 bits per heavy atom. The standard InChI is InChI=1S/C29H36O9/c1-16-19(8-12-28(6)24(18-10-13-36-15-18)38-21(32)14-29(16,28)34)27(5)11-9-20(31)26(3,4)23(27)22(25(33)35-7)37-17(2)30/h9-11,13,15,19,22-24,34H,1,8,12,14H2,2-7H3/t19-,22-,23-,24-,27-,28-,29-/m0/s1. The molecule has 2 fully saturated rings. The lowest BCUT2D eigenvalue weighted by atomic mass is 9.45. The maximum Gasteiger partial charge on any atom is 0.347 e. The summed E-state index contributed by atoms with van der Waals surface area (Å²) in [6, 6.07) is 1.71. The summed E-state index contributed by atoms with van der Waals surface area (Å²) >= 11 is 0. The van der Waals surface area contributed by atoms with Gasteiger partial charge in [0, 0.05) is 34.7 Å². The highest BCUT2D eigenvalue weighted by Crippen LogP contribution is 2.65. The van der Waals surface area contributed by atoms with E-state index in [0.29, 0.717) is 24.0 Å². The summed E-state index contributed by atoms with van der Waals surface area (Å²) in [5.74, 6) is -3.59. The molecule has 1 saturated carbocycles. The van der Waals surface area contributed by atoms with E-state index in [9.17, 15) is 24.3 Å². The summed E-state index contributed by atoms with van der Waals surface area (Å²) in [5.41, 5.74) is -3.63. The lowest BCUT2D eigenvalue weighted by Crippen LogP contribution is -2.64. The number of carbonyl (C=O) groups is 4. The molecule has 9 nitrogen and oxygen atoms in total. The number of furan rings is 1. The van der Waals surface area contributed by atoms with Crippen LogP contribution in [0.4, 0.5) is 0 Å². The maximum atomic E-state index is 13.1. The van der Waals surface area contributed by atoms with Gasteiger partial charge in [0.1, 0.15) is 11.7 Å². The molecule has 1 aliphatic heterocycles. The molecule has 1 aromatic heterocycles. The molecule has 4 rings (SSSR count). The third-order valence-corrected chi connectivity index (χ3v) is 9.38. The number of ketones is 1. The van der Waals surface area contributed by atoms with Gasteiger partial charge in [-0.15, -0.1) is 0 Å². The smallest absolute Gasteiger partial charge is 0.347 e. The maximum absolute atomic E-state index is 13.1. The van der Waals surface area contributed by atoms with Crippen LogP contribution in [0.25, 0.3) is 0 Å². The minimum atomic E-state index is -1.65. The summed E-state index contributed by atoms with van der Waals surface area (Å²) in [6.45, 7) is 12.7. The van der Waals surface area contributed by atoms with Gasteiger partial charge in [0.25, 0.3) is 0 Å². The third-order valence-electron chi connectivity index (χ3n) is 9.38. The monoisotopic (exact) mass is 528 g/mol. The van der Waals surface area contributed by atoms with Crippen LogP contribution in [0.2, 0.25) is 0 Å². The van der Waals surface area contributed by atoms with E-state index in [0.717, 1.165) is 0 Å². The van der Waals surface area contributed by atoms with Gasteiger partial charge in [-0.2, -0.15) is 0 Å². The first-order chi connectivity index (χ1) is 17.6. The van der Waals surface area contributed by atoms with Crippen molar-refractivity contribution < 1.29 is 42.9 Å². The van der Waals surface area contributed by atoms with Crippen molar-refractivity contribution in [3.63, 3.8) is 0 Å². The summed E-state index contributed by atoms with van der Waals surface area (Å²) in [6.07, 6.45) is 4.71. The van der Waals surface area contributed by atoms with Crippen molar-refractivity contribution in [3.05, 3.63) is 48.5 Å². The molecule has 1 saturated heterocycles. The van der Waals surface area contributed by atoms with Crippen LogP contribution in [0.5, 0.6) is 0 Å². The molecule has 0 spiro atoms. The van der Waals surface area contributed by atoms with Gasteiger partial charge >= 0.3 is 17.9 Å². The largest absolute Gasteiger partial charge is 0.472 e. The van der Waals surface area contributed by atoms with E-state index < -0.39 is 63.8 Å². The molecular weight excluding hydrogens is 492 g/mol. The molecule has 1 aromatic rings. The first-order valence-electron chi connectivity index (χ1n) is 12.8. The Hall–Kier alpha value is -3.20. The van der Waals surface area contributed by atoms with Crippen LogP contribution in [-0.4, -0.2) is 47.6 Å². The number of cyclic esters (lactones) is 1. The molecular formula is C29H36O9. The van der Waals surface area contributed by atoms with Gasteiger partial charge in [0.15, 0.2) is 5.78 Å². The molecule has 38 heavy (non-hydrogen) atoms. The number of hydrogen-bond donors (Lipinski definition) is 1. The second kappa shape index (κ2) is 9.22. The van der Waals surface area contributed by atoms with Crippen LogP contribution in [0, 0.1) is 28.1 Å². The molecule has 206 valence electrons. The summed E-state index contributed by atoms with van der Waals surface area (Å²) in [5, 5.41) is 12.3. The first-order valence-corrected chi connectivity index (χ1v) is 12.8. The minimum absolute atomic E-state index is 0.229. The second-order valence-corrected chi connectivity index (χ2v) is 11.8. The Morgan fingerprint density at radius 3 is 2.47 bits per heavy atom. The predicted molar refractivity (Wildman–Crippen MR) is 134 cm³/mol. The van der Waals surface area contributed by atoms with Gasteiger partial charge in [0.05, 0.1) is 26.1 Å². The Labute approximate surface area is 222 Å². The van der Waals surface area contributed by atoms with Crippen molar-refractivity contribution in [2.45, 2.75) is 71.7 Å². The fraction of sp³-hybridized carbons (Fsp3) is 0.586. The number of methoxy groups -OCH3 is 1. The molecule has 7 atom stereocenters. The number of allylic oxidation sites excluding steroid dienone is 2. The van der Waals surface area contributed by atoms with Crippen LogP contribution >= 0.6 is 0 Å². The van der Waals surface area contributed by atoms with Gasteiger partial charge in [-0.1, -0.05) is 40.3 Å². The molecule has 1 N–H and O–H groups in total. The van der Waals surface area contributed by atoms with Gasteiger partial charge in [-0.25, -0.2) is 4.79 Å². The molecule has 0 unspecified atom stereocenters. The van der Waals surface area contributed by atoms with Crippen molar-refractivity contribution in [2.24, 2.45) is 28.1 Å². The van der Waals surface area contributed by atoms with Crippen LogP contribution in [0.15, 0.2) is 47.3 Å². The van der Waals surface area contributed by atoms with E-state index in [4.69, 9.17) is 18.6 Å². The van der Waals surface area contributed by atoms with E-state index in [1.807, 2.05) is 13.8 Å². The topological polar surface area (TPSA) is 129 Å². The van der Waals surface area contributed by atoms with Crippen LogP contribution < -0.4 is 0 Å². The number of esters is 3. The Balaban J connectivity index is 1.84.